The van der Waals surface area contributed by atoms with Crippen molar-refractivity contribution in [3.05, 3.63) is 12.2 Å². The number of hydrogen-bond donors (Lipinski definition) is 2. The van der Waals surface area contributed by atoms with E-state index in [0.29, 0.717) is 24.8 Å². The first-order valence-corrected chi connectivity index (χ1v) is 12.5. The van der Waals surface area contributed by atoms with E-state index >= 15 is 0 Å². The van der Waals surface area contributed by atoms with Crippen molar-refractivity contribution in [2.24, 2.45) is 34.0 Å². The van der Waals surface area contributed by atoms with Gasteiger partial charge in [0.1, 0.15) is 18.3 Å². The molecule has 10 nitrogen and oxygen atoms in total. The summed E-state index contributed by atoms with van der Waals surface area (Å²) >= 11 is 0. The first-order chi connectivity index (χ1) is 16.7. The molecule has 6 fully saturated rings. The van der Waals surface area contributed by atoms with E-state index in [9.17, 15) is 29.4 Å². The Bertz CT molecular complexity index is 1050. The lowest BCUT2D eigenvalue weighted by Gasteiger charge is -2.74. The molecule has 2 saturated heterocycles. The average Bonchev–Trinajstić information content (AvgIpc) is 2.97. The number of fused-ring (bicyclic) bond motifs is 2. The molecule has 0 radical (unpaired) electrons. The number of Topliss-reactive ketones (excluding diaryl/α,β-unsaturated/α-hetero) is 1. The van der Waals surface area contributed by atoms with E-state index in [1.54, 1.807) is 0 Å². The van der Waals surface area contributed by atoms with Gasteiger partial charge in [-0.2, -0.15) is 0 Å². The molecule has 2 N–H and O–H groups in total. The average molecular weight is 507 g/mol. The summed E-state index contributed by atoms with van der Waals surface area (Å²) in [4.78, 5) is 50.2. The maximum Gasteiger partial charge on any atom is 0.302 e. The summed E-state index contributed by atoms with van der Waals surface area (Å²) in [5.41, 5.74) is -3.37. The summed E-state index contributed by atoms with van der Waals surface area (Å²) in [5.74, 6) is -6.23. The Morgan fingerprint density at radius 2 is 1.78 bits per heavy atom. The van der Waals surface area contributed by atoms with Crippen LogP contribution in [0.15, 0.2) is 12.2 Å². The lowest BCUT2D eigenvalue weighted by Crippen LogP contribution is -2.85. The zero-order valence-electron chi connectivity index (χ0n) is 21.1. The van der Waals surface area contributed by atoms with E-state index in [0.717, 1.165) is 0 Å². The van der Waals surface area contributed by atoms with Gasteiger partial charge in [0.25, 0.3) is 0 Å². The van der Waals surface area contributed by atoms with Crippen LogP contribution in [0.25, 0.3) is 0 Å². The number of hydrogen-bond acceptors (Lipinski definition) is 10. The van der Waals surface area contributed by atoms with Gasteiger partial charge >= 0.3 is 17.9 Å². The van der Waals surface area contributed by atoms with Crippen molar-refractivity contribution in [3.63, 3.8) is 0 Å². The fourth-order valence-corrected chi connectivity index (χ4v) is 8.78. The minimum absolute atomic E-state index is 0.0457. The molecule has 10 unspecified atom stereocenters. The highest BCUT2D eigenvalue weighted by atomic mass is 16.6. The van der Waals surface area contributed by atoms with E-state index in [2.05, 4.69) is 6.58 Å². The largest absolute Gasteiger partial charge is 0.465 e. The standard InChI is InChI=1S/C26H34O10/c1-12-16-8-17(35-14(3)28)19-24-11-34-26(32,25(19,9-16)21(12)30)22(31)20(24)23(5,10-33-13(2)27)7-6-18(24)36-15(4)29/h16-20,22,31-32H,1,6-11H2,2-5H3. The third-order valence-corrected chi connectivity index (χ3v) is 9.79. The van der Waals surface area contributed by atoms with Gasteiger partial charge in [-0.15, -0.1) is 0 Å². The van der Waals surface area contributed by atoms with Crippen molar-refractivity contribution in [1.29, 1.82) is 0 Å². The van der Waals surface area contributed by atoms with Gasteiger partial charge in [-0.3, -0.25) is 19.2 Å². The molecule has 0 amide bonds. The summed E-state index contributed by atoms with van der Waals surface area (Å²) in [6.45, 7) is 9.52. The minimum atomic E-state index is -2.28. The maximum absolute atomic E-state index is 13.9. The zero-order chi connectivity index (χ0) is 26.4. The Morgan fingerprint density at radius 3 is 2.39 bits per heavy atom. The molecule has 10 atom stereocenters. The van der Waals surface area contributed by atoms with Crippen molar-refractivity contribution >= 4 is 23.7 Å². The van der Waals surface area contributed by atoms with Gasteiger partial charge in [-0.05, 0) is 37.2 Å². The van der Waals surface area contributed by atoms with Crippen LogP contribution in [0.2, 0.25) is 0 Å². The quantitative estimate of drug-likeness (QED) is 0.322. The first kappa shape index (κ1) is 25.4. The number of carbonyl (C=O) groups excluding carboxylic acids is 4. The topological polar surface area (TPSA) is 146 Å². The fraction of sp³-hybridized carbons (Fsp3) is 0.769. The van der Waals surface area contributed by atoms with Crippen molar-refractivity contribution < 1.29 is 48.3 Å². The van der Waals surface area contributed by atoms with Gasteiger partial charge in [0, 0.05) is 43.4 Å². The fourth-order valence-electron chi connectivity index (χ4n) is 8.78. The number of carbonyl (C=O) groups is 4. The molecule has 2 heterocycles. The van der Waals surface area contributed by atoms with Crippen LogP contribution in [0.3, 0.4) is 0 Å². The third kappa shape index (κ3) is 2.95. The van der Waals surface area contributed by atoms with E-state index in [1.807, 2.05) is 6.92 Å². The summed E-state index contributed by atoms with van der Waals surface area (Å²) in [6.07, 6.45) is -1.88. The summed E-state index contributed by atoms with van der Waals surface area (Å²) < 4.78 is 23.1. The highest BCUT2D eigenvalue weighted by Crippen LogP contribution is 2.77. The van der Waals surface area contributed by atoms with Crippen molar-refractivity contribution in [1.82, 2.24) is 0 Å². The van der Waals surface area contributed by atoms with Crippen molar-refractivity contribution in [3.8, 4) is 0 Å². The van der Waals surface area contributed by atoms with Gasteiger partial charge in [0.2, 0.25) is 5.79 Å². The number of aliphatic hydroxyl groups is 2. The zero-order valence-corrected chi connectivity index (χ0v) is 21.1. The highest BCUT2D eigenvalue weighted by Gasteiger charge is 2.87. The molecule has 6 aliphatic rings. The predicted octanol–water partition coefficient (Wildman–Crippen LogP) is 1.06. The molecule has 10 heteroatoms. The Kier molecular flexibility index (Phi) is 5.53. The number of rotatable bonds is 4. The van der Waals surface area contributed by atoms with Crippen LogP contribution in [0.5, 0.6) is 0 Å². The van der Waals surface area contributed by atoms with Gasteiger partial charge in [0.15, 0.2) is 5.78 Å². The third-order valence-electron chi connectivity index (χ3n) is 9.79. The number of allylic oxidation sites excluding steroid dienone is 1. The molecule has 0 aromatic heterocycles. The molecule has 36 heavy (non-hydrogen) atoms. The molecular formula is C26H34O10. The lowest BCUT2D eigenvalue weighted by atomic mass is 9.35. The van der Waals surface area contributed by atoms with Gasteiger partial charge < -0.3 is 29.2 Å². The Hall–Kier alpha value is -2.30. The molecule has 6 rings (SSSR count). The number of esters is 3. The number of aliphatic hydroxyl groups excluding tert-OH is 1. The van der Waals surface area contributed by atoms with E-state index in [4.69, 9.17) is 18.9 Å². The van der Waals surface area contributed by atoms with Crippen LogP contribution in [0.4, 0.5) is 0 Å². The minimum Gasteiger partial charge on any atom is -0.465 e. The second-order valence-corrected chi connectivity index (χ2v) is 11.7. The van der Waals surface area contributed by atoms with Crippen LogP contribution in [0, 0.1) is 34.0 Å². The molecule has 4 aliphatic carbocycles. The van der Waals surface area contributed by atoms with Crippen LogP contribution in [-0.4, -0.2) is 71.2 Å². The molecule has 4 saturated carbocycles. The molecule has 0 aromatic carbocycles. The number of ether oxygens (including phenoxy) is 4. The van der Waals surface area contributed by atoms with Crippen LogP contribution < -0.4 is 0 Å². The highest BCUT2D eigenvalue weighted by molar-refractivity contribution is 6.04. The molecule has 0 aromatic rings. The molecule has 4 bridgehead atoms. The molecular weight excluding hydrogens is 472 g/mol. The van der Waals surface area contributed by atoms with E-state index in [1.165, 1.54) is 20.8 Å². The van der Waals surface area contributed by atoms with E-state index in [-0.39, 0.29) is 25.6 Å². The van der Waals surface area contributed by atoms with Crippen LogP contribution in [0.1, 0.15) is 53.4 Å². The SMILES string of the molecule is C=C1C(=O)C23CC1CC(OC(C)=O)C2C12COC3(O)C(O)C1C(C)(COC(C)=O)CCC2OC(C)=O. The molecule has 2 spiro atoms. The summed E-state index contributed by atoms with van der Waals surface area (Å²) in [6, 6.07) is 0. The van der Waals surface area contributed by atoms with Crippen LogP contribution in [-0.2, 0) is 38.1 Å². The lowest BCUT2D eigenvalue weighted by molar-refractivity contribution is -0.457. The number of ketones is 1. The molecule has 198 valence electrons. The Morgan fingerprint density at radius 1 is 1.11 bits per heavy atom. The predicted molar refractivity (Wildman–Crippen MR) is 121 cm³/mol. The molecule has 2 aliphatic heterocycles. The van der Waals surface area contributed by atoms with E-state index < -0.39 is 75.9 Å². The summed E-state index contributed by atoms with van der Waals surface area (Å²) in [7, 11) is 0. The second-order valence-electron chi connectivity index (χ2n) is 11.7. The van der Waals surface area contributed by atoms with Gasteiger partial charge in [0.05, 0.1) is 18.6 Å². The smallest absolute Gasteiger partial charge is 0.302 e. The summed E-state index contributed by atoms with van der Waals surface area (Å²) in [5, 5.41) is 24.0. The Balaban J connectivity index is 1.76. The van der Waals surface area contributed by atoms with Crippen LogP contribution >= 0.6 is 0 Å². The van der Waals surface area contributed by atoms with Gasteiger partial charge in [-0.25, -0.2) is 0 Å². The van der Waals surface area contributed by atoms with Crippen molar-refractivity contribution in [2.75, 3.05) is 13.2 Å². The second kappa shape index (κ2) is 7.85. The maximum atomic E-state index is 13.9. The van der Waals surface area contributed by atoms with Gasteiger partial charge in [-0.1, -0.05) is 13.5 Å². The monoisotopic (exact) mass is 506 g/mol. The van der Waals surface area contributed by atoms with Crippen molar-refractivity contribution in [2.45, 2.75) is 77.5 Å². The normalized spacial score (nSPS) is 48.6. The Labute approximate surface area is 209 Å². The first-order valence-electron chi connectivity index (χ1n) is 12.5.